The highest BCUT2D eigenvalue weighted by Crippen LogP contribution is 2.23. The van der Waals surface area contributed by atoms with Crippen LogP contribution in [0.5, 0.6) is 5.75 Å². The third kappa shape index (κ3) is 4.74. The molecule has 1 aromatic rings. The van der Waals surface area contributed by atoms with Crippen LogP contribution >= 0.6 is 0 Å². The Hall–Kier alpha value is -1.55. The summed E-state index contributed by atoms with van der Waals surface area (Å²) in [6.07, 6.45) is 5.82. The minimum absolute atomic E-state index is 0.0329. The van der Waals surface area contributed by atoms with E-state index in [4.69, 9.17) is 4.74 Å². The van der Waals surface area contributed by atoms with Crippen molar-refractivity contribution in [2.24, 2.45) is 5.92 Å². The van der Waals surface area contributed by atoms with E-state index in [0.717, 1.165) is 37.0 Å². The summed E-state index contributed by atoms with van der Waals surface area (Å²) in [6, 6.07) is 7.67. The van der Waals surface area contributed by atoms with Gasteiger partial charge < -0.3 is 15.2 Å². The third-order valence-corrected chi connectivity index (χ3v) is 4.26. The number of methoxy groups -OCH3 is 1. The van der Waals surface area contributed by atoms with E-state index in [2.05, 4.69) is 5.32 Å². The molecule has 1 aliphatic rings. The van der Waals surface area contributed by atoms with Gasteiger partial charge in [-0.15, -0.1) is 0 Å². The highest BCUT2D eigenvalue weighted by molar-refractivity contribution is 5.78. The molecule has 1 aromatic carbocycles. The standard InChI is InChI=1S/C17H25NO3/c1-21-15-9-7-13(8-10-15)11-17(20)18-16-6-4-2-3-5-14(16)12-19/h7-10,14,16,19H,2-6,11-12H2,1H3,(H,18,20). The number of carbonyl (C=O) groups is 1. The Morgan fingerprint density at radius 2 is 1.95 bits per heavy atom. The lowest BCUT2D eigenvalue weighted by atomic mass is 9.95. The number of benzene rings is 1. The maximum atomic E-state index is 12.2. The first-order valence-electron chi connectivity index (χ1n) is 7.76. The molecule has 4 nitrogen and oxygen atoms in total. The van der Waals surface area contributed by atoms with E-state index in [9.17, 15) is 9.90 Å². The van der Waals surface area contributed by atoms with E-state index < -0.39 is 0 Å². The van der Waals surface area contributed by atoms with Gasteiger partial charge in [-0.25, -0.2) is 0 Å². The first-order chi connectivity index (χ1) is 10.2. The van der Waals surface area contributed by atoms with Crippen LogP contribution in [0, 0.1) is 5.92 Å². The van der Waals surface area contributed by atoms with Crippen LogP contribution in [0.3, 0.4) is 0 Å². The zero-order valence-corrected chi connectivity index (χ0v) is 12.7. The largest absolute Gasteiger partial charge is 0.497 e. The van der Waals surface area contributed by atoms with Crippen LogP contribution in [0.15, 0.2) is 24.3 Å². The van der Waals surface area contributed by atoms with E-state index >= 15 is 0 Å². The van der Waals surface area contributed by atoms with Crippen molar-refractivity contribution in [3.63, 3.8) is 0 Å². The molecular formula is C17H25NO3. The normalized spacial score (nSPS) is 22.4. The van der Waals surface area contributed by atoms with Gasteiger partial charge in [-0.1, -0.05) is 31.4 Å². The van der Waals surface area contributed by atoms with Gasteiger partial charge in [-0.3, -0.25) is 4.79 Å². The van der Waals surface area contributed by atoms with Crippen molar-refractivity contribution in [2.75, 3.05) is 13.7 Å². The number of rotatable bonds is 5. The Balaban J connectivity index is 1.89. The van der Waals surface area contributed by atoms with E-state index in [0.29, 0.717) is 6.42 Å². The summed E-state index contributed by atoms with van der Waals surface area (Å²) in [6.45, 7) is 0.160. The molecule has 4 heteroatoms. The van der Waals surface area contributed by atoms with Gasteiger partial charge in [0.05, 0.1) is 13.5 Å². The summed E-state index contributed by atoms with van der Waals surface area (Å²) in [5.41, 5.74) is 0.975. The van der Waals surface area contributed by atoms with E-state index in [1.54, 1.807) is 7.11 Å². The highest BCUT2D eigenvalue weighted by Gasteiger charge is 2.24. The fourth-order valence-corrected chi connectivity index (χ4v) is 2.98. The van der Waals surface area contributed by atoms with Crippen molar-refractivity contribution < 1.29 is 14.6 Å². The van der Waals surface area contributed by atoms with Crippen LogP contribution in [0.4, 0.5) is 0 Å². The van der Waals surface area contributed by atoms with Crippen LogP contribution in [-0.4, -0.2) is 30.8 Å². The van der Waals surface area contributed by atoms with Crippen LogP contribution in [0.25, 0.3) is 0 Å². The molecule has 0 bridgehead atoms. The monoisotopic (exact) mass is 291 g/mol. The molecule has 2 rings (SSSR count). The average Bonchev–Trinajstić information content (AvgIpc) is 2.73. The maximum Gasteiger partial charge on any atom is 0.224 e. The molecule has 0 saturated heterocycles. The van der Waals surface area contributed by atoms with Crippen LogP contribution < -0.4 is 10.1 Å². The van der Waals surface area contributed by atoms with Crippen LogP contribution in [-0.2, 0) is 11.2 Å². The summed E-state index contributed by atoms with van der Waals surface area (Å²) in [5, 5.41) is 12.6. The minimum atomic E-state index is 0.0329. The van der Waals surface area contributed by atoms with Gasteiger partial charge in [0.25, 0.3) is 0 Å². The Morgan fingerprint density at radius 3 is 2.62 bits per heavy atom. The third-order valence-electron chi connectivity index (χ3n) is 4.26. The van der Waals surface area contributed by atoms with Crippen molar-refractivity contribution in [2.45, 2.75) is 44.6 Å². The Labute approximate surface area is 126 Å². The Kier molecular flexibility index (Phi) is 6.05. The van der Waals surface area contributed by atoms with Crippen molar-refractivity contribution in [1.82, 2.24) is 5.32 Å². The van der Waals surface area contributed by atoms with Gasteiger partial charge in [0.15, 0.2) is 0 Å². The highest BCUT2D eigenvalue weighted by atomic mass is 16.5. The first-order valence-corrected chi connectivity index (χ1v) is 7.76. The molecule has 1 fully saturated rings. The summed E-state index contributed by atoms with van der Waals surface area (Å²) >= 11 is 0. The van der Waals surface area contributed by atoms with Crippen molar-refractivity contribution in [3.8, 4) is 5.75 Å². The Bertz CT molecular complexity index is 444. The molecule has 0 spiro atoms. The quantitative estimate of drug-likeness (QED) is 0.818. The Morgan fingerprint density at radius 1 is 1.24 bits per heavy atom. The topological polar surface area (TPSA) is 58.6 Å². The van der Waals surface area contributed by atoms with Gasteiger partial charge in [-0.2, -0.15) is 0 Å². The van der Waals surface area contributed by atoms with Gasteiger partial charge in [0, 0.05) is 18.6 Å². The smallest absolute Gasteiger partial charge is 0.224 e. The lowest BCUT2D eigenvalue weighted by Gasteiger charge is -2.24. The number of carbonyl (C=O) groups excluding carboxylic acids is 1. The molecule has 0 aromatic heterocycles. The fraction of sp³-hybridized carbons (Fsp3) is 0.588. The number of aliphatic hydroxyl groups excluding tert-OH is 1. The molecule has 116 valence electrons. The molecule has 21 heavy (non-hydrogen) atoms. The predicted molar refractivity (Wildman–Crippen MR) is 82.3 cm³/mol. The van der Waals surface area contributed by atoms with Gasteiger partial charge >= 0.3 is 0 Å². The number of hydrogen-bond acceptors (Lipinski definition) is 3. The van der Waals surface area contributed by atoms with Crippen molar-refractivity contribution >= 4 is 5.91 Å². The van der Waals surface area contributed by atoms with Crippen molar-refractivity contribution in [1.29, 1.82) is 0 Å². The second-order valence-electron chi connectivity index (χ2n) is 5.78. The minimum Gasteiger partial charge on any atom is -0.497 e. The predicted octanol–water partition coefficient (Wildman–Crippen LogP) is 2.30. The molecule has 0 radical (unpaired) electrons. The second kappa shape index (κ2) is 8.03. The molecule has 0 heterocycles. The lowest BCUT2D eigenvalue weighted by Crippen LogP contribution is -2.41. The van der Waals surface area contributed by atoms with Gasteiger partial charge in [-0.05, 0) is 30.5 Å². The molecule has 1 amide bonds. The molecule has 0 aliphatic heterocycles. The zero-order valence-electron chi connectivity index (χ0n) is 12.7. The van der Waals surface area contributed by atoms with Crippen LogP contribution in [0.2, 0.25) is 0 Å². The lowest BCUT2D eigenvalue weighted by molar-refractivity contribution is -0.121. The summed E-state index contributed by atoms with van der Waals surface area (Å²) in [7, 11) is 1.63. The van der Waals surface area contributed by atoms with E-state index in [1.807, 2.05) is 24.3 Å². The average molecular weight is 291 g/mol. The fourth-order valence-electron chi connectivity index (χ4n) is 2.98. The number of ether oxygens (including phenoxy) is 1. The molecule has 2 atom stereocenters. The van der Waals surface area contributed by atoms with E-state index in [1.165, 1.54) is 6.42 Å². The van der Waals surface area contributed by atoms with Gasteiger partial charge in [0.2, 0.25) is 5.91 Å². The number of aliphatic hydroxyl groups is 1. The number of amides is 1. The molecule has 2 N–H and O–H groups in total. The molecular weight excluding hydrogens is 266 g/mol. The summed E-state index contributed by atoms with van der Waals surface area (Å²) < 4.78 is 5.11. The van der Waals surface area contributed by atoms with Crippen LogP contribution in [0.1, 0.15) is 37.7 Å². The summed E-state index contributed by atoms with van der Waals surface area (Å²) in [5.74, 6) is 1.03. The SMILES string of the molecule is COc1ccc(CC(=O)NC2CCCCCC2CO)cc1. The molecule has 1 saturated carbocycles. The molecule has 2 unspecified atom stereocenters. The maximum absolute atomic E-state index is 12.2. The second-order valence-corrected chi connectivity index (χ2v) is 5.78. The summed E-state index contributed by atoms with van der Waals surface area (Å²) in [4.78, 5) is 12.2. The number of nitrogens with one attached hydrogen (secondary N) is 1. The first kappa shape index (κ1) is 15.8. The number of hydrogen-bond donors (Lipinski definition) is 2. The zero-order chi connectivity index (χ0) is 15.1. The molecule has 1 aliphatic carbocycles. The van der Waals surface area contributed by atoms with Gasteiger partial charge in [0.1, 0.15) is 5.75 Å². The van der Waals surface area contributed by atoms with E-state index in [-0.39, 0.29) is 24.5 Å². The van der Waals surface area contributed by atoms with Crippen molar-refractivity contribution in [3.05, 3.63) is 29.8 Å².